The lowest BCUT2D eigenvalue weighted by molar-refractivity contribution is 0.138. The van der Waals surface area contributed by atoms with E-state index in [-0.39, 0.29) is 0 Å². The predicted octanol–water partition coefficient (Wildman–Crippen LogP) is 2.70. The van der Waals surface area contributed by atoms with Crippen molar-refractivity contribution in [1.82, 2.24) is 19.5 Å². The van der Waals surface area contributed by atoms with Gasteiger partial charge in [0.2, 0.25) is 0 Å². The second-order valence-electron chi connectivity index (χ2n) is 6.35. The van der Waals surface area contributed by atoms with Crippen LogP contribution in [0.4, 0.5) is 0 Å². The molecule has 4 nitrogen and oxygen atoms in total. The highest BCUT2D eigenvalue weighted by atomic mass is 15.2. The van der Waals surface area contributed by atoms with Crippen molar-refractivity contribution in [3.8, 4) is 0 Å². The van der Waals surface area contributed by atoms with Crippen LogP contribution in [0.25, 0.3) is 5.65 Å². The van der Waals surface area contributed by atoms with Crippen LogP contribution in [0, 0.1) is 12.8 Å². The second-order valence-corrected chi connectivity index (χ2v) is 6.35. The van der Waals surface area contributed by atoms with Gasteiger partial charge in [-0.05, 0) is 57.7 Å². The molecule has 0 bridgehead atoms. The number of aryl methyl sites for hydroxylation is 1. The molecule has 0 N–H and O–H groups in total. The van der Waals surface area contributed by atoms with E-state index in [9.17, 15) is 0 Å². The van der Waals surface area contributed by atoms with Gasteiger partial charge in [-0.1, -0.05) is 6.07 Å². The summed E-state index contributed by atoms with van der Waals surface area (Å²) in [6.07, 6.45) is 5.80. The van der Waals surface area contributed by atoms with Crippen LogP contribution >= 0.6 is 0 Å². The van der Waals surface area contributed by atoms with Gasteiger partial charge in [-0.3, -0.25) is 4.40 Å². The fraction of sp³-hybridized carbons (Fsp3) is 0.625. The minimum absolute atomic E-state index is 0.648. The number of likely N-dealkylation sites (tertiary alicyclic amines) is 1. The summed E-state index contributed by atoms with van der Waals surface area (Å²) in [7, 11) is 0. The molecule has 4 heteroatoms. The monoisotopic (exact) mass is 272 g/mol. The number of hydrogen-bond donors (Lipinski definition) is 0. The van der Waals surface area contributed by atoms with Gasteiger partial charge in [-0.15, -0.1) is 10.2 Å². The largest absolute Gasteiger partial charge is 0.301 e. The number of piperidine rings is 1. The fourth-order valence-electron chi connectivity index (χ4n) is 3.17. The SMILES string of the molecule is Cc1ccc2nnc(CC3CCCN(C(C)C)C3)n2c1. The van der Waals surface area contributed by atoms with Gasteiger partial charge in [0.15, 0.2) is 5.65 Å². The Kier molecular flexibility index (Phi) is 3.74. The Hall–Kier alpha value is -1.42. The number of aromatic nitrogens is 3. The lowest BCUT2D eigenvalue weighted by Crippen LogP contribution is -2.40. The molecule has 2 aromatic heterocycles. The third-order valence-corrected chi connectivity index (χ3v) is 4.37. The smallest absolute Gasteiger partial charge is 0.160 e. The van der Waals surface area contributed by atoms with Crippen LogP contribution in [0.3, 0.4) is 0 Å². The van der Waals surface area contributed by atoms with E-state index in [0.717, 1.165) is 17.9 Å². The highest BCUT2D eigenvalue weighted by Crippen LogP contribution is 2.22. The Morgan fingerprint density at radius 3 is 2.95 bits per heavy atom. The van der Waals surface area contributed by atoms with Gasteiger partial charge in [0.1, 0.15) is 5.82 Å². The lowest BCUT2D eigenvalue weighted by Gasteiger charge is -2.35. The third kappa shape index (κ3) is 2.70. The molecule has 0 amide bonds. The minimum atomic E-state index is 0.648. The molecule has 1 aliphatic rings. The van der Waals surface area contributed by atoms with Gasteiger partial charge in [0.25, 0.3) is 0 Å². The van der Waals surface area contributed by atoms with Crippen LogP contribution in [0.2, 0.25) is 0 Å². The number of pyridine rings is 1. The lowest BCUT2D eigenvalue weighted by atomic mass is 9.93. The number of rotatable bonds is 3. The van der Waals surface area contributed by atoms with Gasteiger partial charge < -0.3 is 4.90 Å². The van der Waals surface area contributed by atoms with E-state index in [1.807, 2.05) is 6.07 Å². The maximum Gasteiger partial charge on any atom is 0.160 e. The molecule has 3 heterocycles. The first-order chi connectivity index (χ1) is 9.63. The maximum atomic E-state index is 4.39. The zero-order chi connectivity index (χ0) is 14.1. The van der Waals surface area contributed by atoms with E-state index in [4.69, 9.17) is 0 Å². The summed E-state index contributed by atoms with van der Waals surface area (Å²) in [4.78, 5) is 2.59. The number of nitrogens with zero attached hydrogens (tertiary/aromatic N) is 4. The van der Waals surface area contributed by atoms with Gasteiger partial charge >= 0.3 is 0 Å². The molecule has 0 spiro atoms. The second kappa shape index (κ2) is 5.52. The molecule has 0 radical (unpaired) electrons. The average Bonchev–Trinajstić information content (AvgIpc) is 2.82. The highest BCUT2D eigenvalue weighted by Gasteiger charge is 2.23. The van der Waals surface area contributed by atoms with Crippen LogP contribution < -0.4 is 0 Å². The molecule has 3 rings (SSSR count). The highest BCUT2D eigenvalue weighted by molar-refractivity contribution is 5.39. The Morgan fingerprint density at radius 2 is 2.15 bits per heavy atom. The van der Waals surface area contributed by atoms with Crippen LogP contribution in [-0.4, -0.2) is 38.6 Å². The van der Waals surface area contributed by atoms with E-state index >= 15 is 0 Å². The third-order valence-electron chi connectivity index (χ3n) is 4.37. The quantitative estimate of drug-likeness (QED) is 0.861. The standard InChI is InChI=1S/C16H24N4/c1-12(2)19-8-4-5-14(11-19)9-16-18-17-15-7-6-13(3)10-20(15)16/h6-7,10,12,14H,4-5,8-9,11H2,1-3H3. The van der Waals surface area contributed by atoms with E-state index in [2.05, 4.69) is 52.5 Å². The van der Waals surface area contributed by atoms with Crippen molar-refractivity contribution in [3.63, 3.8) is 0 Å². The Morgan fingerprint density at radius 1 is 1.30 bits per heavy atom. The van der Waals surface area contributed by atoms with E-state index < -0.39 is 0 Å². The van der Waals surface area contributed by atoms with Crippen molar-refractivity contribution in [2.45, 2.75) is 46.1 Å². The van der Waals surface area contributed by atoms with Crippen molar-refractivity contribution in [3.05, 3.63) is 29.7 Å². The number of hydrogen-bond acceptors (Lipinski definition) is 3. The zero-order valence-electron chi connectivity index (χ0n) is 12.7. The summed E-state index contributed by atoms with van der Waals surface area (Å²) in [5.74, 6) is 1.82. The van der Waals surface area contributed by atoms with Crippen molar-refractivity contribution in [2.24, 2.45) is 5.92 Å². The molecule has 0 saturated carbocycles. The first-order valence-corrected chi connectivity index (χ1v) is 7.68. The average molecular weight is 272 g/mol. The molecule has 108 valence electrons. The van der Waals surface area contributed by atoms with Crippen LogP contribution in [0.5, 0.6) is 0 Å². The Balaban J connectivity index is 1.77. The fourth-order valence-corrected chi connectivity index (χ4v) is 3.17. The number of fused-ring (bicyclic) bond motifs is 1. The van der Waals surface area contributed by atoms with E-state index in [0.29, 0.717) is 12.0 Å². The van der Waals surface area contributed by atoms with Crippen molar-refractivity contribution in [2.75, 3.05) is 13.1 Å². The Bertz CT molecular complexity index is 587. The summed E-state index contributed by atoms with van der Waals surface area (Å²) >= 11 is 0. The molecule has 1 fully saturated rings. The van der Waals surface area contributed by atoms with Crippen LogP contribution in [-0.2, 0) is 6.42 Å². The van der Waals surface area contributed by atoms with Crippen LogP contribution in [0.1, 0.15) is 38.1 Å². The Labute approximate surface area is 120 Å². The summed E-state index contributed by atoms with van der Waals surface area (Å²) in [6, 6.07) is 4.79. The first-order valence-electron chi connectivity index (χ1n) is 7.68. The normalized spacial score (nSPS) is 20.9. The summed E-state index contributed by atoms with van der Waals surface area (Å²) in [5.41, 5.74) is 2.22. The van der Waals surface area contributed by atoms with Crippen molar-refractivity contribution < 1.29 is 0 Å². The molecule has 2 aromatic rings. The summed E-state index contributed by atoms with van der Waals surface area (Å²) in [6.45, 7) is 9.13. The molecule has 1 atom stereocenters. The van der Waals surface area contributed by atoms with Gasteiger partial charge in [0.05, 0.1) is 0 Å². The molecule has 1 saturated heterocycles. The first kappa shape index (κ1) is 13.6. The summed E-state index contributed by atoms with van der Waals surface area (Å²) < 4.78 is 2.16. The topological polar surface area (TPSA) is 33.4 Å². The molecular formula is C16H24N4. The minimum Gasteiger partial charge on any atom is -0.301 e. The van der Waals surface area contributed by atoms with Crippen LogP contribution in [0.15, 0.2) is 18.3 Å². The zero-order valence-corrected chi connectivity index (χ0v) is 12.7. The van der Waals surface area contributed by atoms with Crippen molar-refractivity contribution in [1.29, 1.82) is 0 Å². The molecule has 1 aliphatic heterocycles. The predicted molar refractivity (Wildman–Crippen MR) is 80.9 cm³/mol. The molecule has 0 aromatic carbocycles. The summed E-state index contributed by atoms with van der Waals surface area (Å²) in [5, 5.41) is 8.67. The molecule has 20 heavy (non-hydrogen) atoms. The maximum absolute atomic E-state index is 4.39. The van der Waals surface area contributed by atoms with Gasteiger partial charge in [-0.25, -0.2) is 0 Å². The molecule has 1 unspecified atom stereocenters. The van der Waals surface area contributed by atoms with Gasteiger partial charge in [-0.2, -0.15) is 0 Å². The van der Waals surface area contributed by atoms with E-state index in [1.54, 1.807) is 0 Å². The van der Waals surface area contributed by atoms with E-state index in [1.165, 1.54) is 31.5 Å². The molecule has 0 aliphatic carbocycles. The molecular weight excluding hydrogens is 248 g/mol. The van der Waals surface area contributed by atoms with Gasteiger partial charge in [0, 0.05) is 25.2 Å². The van der Waals surface area contributed by atoms with Crippen molar-refractivity contribution >= 4 is 5.65 Å².